The van der Waals surface area contributed by atoms with Crippen LogP contribution in [0.1, 0.15) is 86.5 Å². The van der Waals surface area contributed by atoms with Gasteiger partial charge >= 0.3 is 0 Å². The fraction of sp³-hybridized carbons (Fsp3) is 0.360. The van der Waals surface area contributed by atoms with Crippen LogP contribution in [-0.2, 0) is 31.2 Å². The fourth-order valence-corrected chi connectivity index (χ4v) is 13.9. The van der Waals surface area contributed by atoms with Gasteiger partial charge in [-0.1, -0.05) is 37.8 Å². The molecule has 74 heavy (non-hydrogen) atoms. The highest BCUT2D eigenvalue weighted by Gasteiger charge is 2.41. The van der Waals surface area contributed by atoms with Crippen LogP contribution in [0, 0.1) is 11.6 Å². The Hall–Kier alpha value is -7.60. The molecule has 2 aliphatic rings. The molecule has 8 aromatic rings. The Labute approximate surface area is 425 Å². The van der Waals surface area contributed by atoms with Crippen LogP contribution in [0.15, 0.2) is 107 Å². The van der Waals surface area contributed by atoms with Crippen molar-refractivity contribution in [3.63, 3.8) is 0 Å². The summed E-state index contributed by atoms with van der Waals surface area (Å²) in [5, 5.41) is 15.6. The first kappa shape index (κ1) is 51.3. The topological polar surface area (TPSA) is 244 Å². The fourth-order valence-electron chi connectivity index (χ4n) is 9.77. The van der Waals surface area contributed by atoms with Crippen LogP contribution in [0.3, 0.4) is 0 Å². The summed E-state index contributed by atoms with van der Waals surface area (Å²) in [5.41, 5.74) is 0.910. The molecule has 0 aliphatic heterocycles. The number of hydrogen-bond acceptors (Lipinski definition) is 18. The zero-order chi connectivity index (χ0) is 52.0. The van der Waals surface area contributed by atoms with Gasteiger partial charge in [-0.25, -0.2) is 45.6 Å². The normalized spacial score (nSPS) is 18.0. The molecule has 0 N–H and O–H groups in total. The van der Waals surface area contributed by atoms with E-state index in [9.17, 15) is 25.6 Å². The summed E-state index contributed by atoms with van der Waals surface area (Å²) in [5.74, 6) is 1.40. The van der Waals surface area contributed by atoms with Crippen LogP contribution in [0.5, 0.6) is 23.0 Å². The molecule has 2 aromatic carbocycles. The minimum absolute atomic E-state index is 0.179. The predicted molar refractivity (Wildman–Crippen MR) is 264 cm³/mol. The van der Waals surface area contributed by atoms with E-state index in [4.69, 9.17) is 27.8 Å². The first-order valence-corrected chi connectivity index (χ1v) is 27.1. The lowest BCUT2D eigenvalue weighted by Crippen LogP contribution is -2.34. The van der Waals surface area contributed by atoms with E-state index in [1.807, 2.05) is 0 Å². The second-order valence-electron chi connectivity index (χ2n) is 17.5. The average Bonchev–Trinajstić information content (AvgIpc) is 4.28. The molecule has 0 saturated heterocycles. The van der Waals surface area contributed by atoms with E-state index in [2.05, 4.69) is 40.3 Å². The SMILES string of the molecule is COc1cccc(OC)c1-n1c(CS(=O)(=O)[C@H]2CCCC[C@H]2c2ncc(F)cn2)nnc1-c1ccco1.COc1cccc(OC)c1-n1c(CS(=O)(=O)[C@H]2CCCC[C@H]2c2ncc(F)cn2)nnc1-c1ccco1. The number of halogens is 2. The lowest BCUT2D eigenvalue weighted by atomic mass is 9.88. The summed E-state index contributed by atoms with van der Waals surface area (Å²) in [7, 11) is -1.50. The molecule has 2 aliphatic carbocycles. The van der Waals surface area contributed by atoms with Crippen molar-refractivity contribution in [3.8, 4) is 57.5 Å². The van der Waals surface area contributed by atoms with Crippen molar-refractivity contribution < 1.29 is 53.4 Å². The summed E-state index contributed by atoms with van der Waals surface area (Å²) in [6.07, 6.45) is 12.6. The number of furan rings is 2. The van der Waals surface area contributed by atoms with Crippen molar-refractivity contribution in [1.82, 2.24) is 49.5 Å². The average molecular weight is 1060 g/mol. The van der Waals surface area contributed by atoms with Crippen molar-refractivity contribution in [1.29, 1.82) is 0 Å². The largest absolute Gasteiger partial charge is 0.494 e. The Kier molecular flexibility index (Phi) is 15.4. The Morgan fingerprint density at radius 3 is 1.19 bits per heavy atom. The highest BCUT2D eigenvalue weighted by atomic mass is 32.2. The Bertz CT molecular complexity index is 3120. The number of rotatable bonds is 16. The van der Waals surface area contributed by atoms with E-state index in [1.54, 1.807) is 69.8 Å². The number of ether oxygens (including phenoxy) is 4. The molecule has 0 unspecified atom stereocenters. The monoisotopic (exact) mass is 1050 g/mol. The quantitative estimate of drug-likeness (QED) is 0.0884. The molecule has 6 heterocycles. The summed E-state index contributed by atoms with van der Waals surface area (Å²) in [6.45, 7) is 0. The number of para-hydroxylation sites is 2. The highest BCUT2D eigenvalue weighted by molar-refractivity contribution is 7.91. The van der Waals surface area contributed by atoms with Crippen LogP contribution in [0.2, 0.25) is 0 Å². The van der Waals surface area contributed by atoms with E-state index < -0.39 is 65.2 Å². The molecule has 0 bridgehead atoms. The van der Waals surface area contributed by atoms with Gasteiger partial charge in [0.1, 0.15) is 57.5 Å². The number of benzene rings is 2. The molecule has 6 aromatic heterocycles. The molecule has 0 radical (unpaired) electrons. The van der Waals surface area contributed by atoms with Gasteiger partial charge in [-0.2, -0.15) is 0 Å². The first-order chi connectivity index (χ1) is 35.8. The molecule has 0 spiro atoms. The number of aromatic nitrogens is 10. The van der Waals surface area contributed by atoms with Crippen LogP contribution in [-0.4, -0.2) is 105 Å². The zero-order valence-corrected chi connectivity index (χ0v) is 42.4. The molecule has 10 rings (SSSR count). The van der Waals surface area contributed by atoms with Crippen LogP contribution < -0.4 is 18.9 Å². The van der Waals surface area contributed by atoms with Crippen LogP contribution >= 0.6 is 0 Å². The van der Waals surface area contributed by atoms with Crippen LogP contribution in [0.4, 0.5) is 8.78 Å². The Morgan fingerprint density at radius 1 is 0.514 bits per heavy atom. The zero-order valence-electron chi connectivity index (χ0n) is 40.7. The third-order valence-electron chi connectivity index (χ3n) is 13.1. The van der Waals surface area contributed by atoms with Gasteiger partial charge in [0.05, 0.1) is 76.3 Å². The summed E-state index contributed by atoms with van der Waals surface area (Å²) >= 11 is 0. The van der Waals surface area contributed by atoms with Crippen molar-refractivity contribution >= 4 is 19.7 Å². The summed E-state index contributed by atoms with van der Waals surface area (Å²) in [6, 6.07) is 17.3. The number of methoxy groups -OCH3 is 4. The molecule has 388 valence electrons. The van der Waals surface area contributed by atoms with Gasteiger partial charge in [0.25, 0.3) is 0 Å². The molecule has 24 heteroatoms. The minimum Gasteiger partial charge on any atom is -0.494 e. The van der Waals surface area contributed by atoms with Gasteiger partial charge in [0.15, 0.2) is 54.5 Å². The van der Waals surface area contributed by atoms with Gasteiger partial charge in [-0.05, 0) is 74.2 Å². The lowest BCUT2D eigenvalue weighted by Gasteiger charge is -2.30. The molecular formula is C50H52F2N10O10S2. The van der Waals surface area contributed by atoms with Crippen molar-refractivity contribution in [2.45, 2.75) is 85.2 Å². The number of nitrogens with zero attached hydrogens (tertiary/aromatic N) is 10. The van der Waals surface area contributed by atoms with Gasteiger partial charge in [0, 0.05) is 11.8 Å². The van der Waals surface area contributed by atoms with Gasteiger partial charge < -0.3 is 27.8 Å². The third-order valence-corrected chi connectivity index (χ3v) is 17.4. The maximum absolute atomic E-state index is 13.9. The molecule has 20 nitrogen and oxygen atoms in total. The minimum atomic E-state index is -3.78. The highest BCUT2D eigenvalue weighted by Crippen LogP contribution is 2.42. The summed E-state index contributed by atoms with van der Waals surface area (Å²) in [4.78, 5) is 16.4. The van der Waals surface area contributed by atoms with Crippen LogP contribution in [0.25, 0.3) is 34.5 Å². The van der Waals surface area contributed by atoms with E-state index in [-0.39, 0.29) is 11.6 Å². The van der Waals surface area contributed by atoms with Gasteiger partial charge in [-0.3, -0.25) is 9.13 Å². The molecular weight excluding hydrogens is 1000 g/mol. The predicted octanol–water partition coefficient (Wildman–Crippen LogP) is 8.23. The second-order valence-corrected chi connectivity index (χ2v) is 22.0. The number of sulfone groups is 2. The second kappa shape index (κ2) is 22.3. The van der Waals surface area contributed by atoms with E-state index >= 15 is 0 Å². The van der Waals surface area contributed by atoms with E-state index in [1.165, 1.54) is 41.0 Å². The van der Waals surface area contributed by atoms with Gasteiger partial charge in [-0.15, -0.1) is 20.4 Å². The van der Waals surface area contributed by atoms with Crippen molar-refractivity contribution in [2.75, 3.05) is 28.4 Å². The Balaban J connectivity index is 0.000000182. The molecule has 4 atom stereocenters. The van der Waals surface area contributed by atoms with E-state index in [0.29, 0.717) is 94.9 Å². The molecule has 2 fully saturated rings. The maximum atomic E-state index is 13.9. The van der Waals surface area contributed by atoms with Crippen molar-refractivity contribution in [2.24, 2.45) is 0 Å². The third kappa shape index (κ3) is 10.6. The standard InChI is InChI=1S/2C25H26FN5O5S/c2*1-34-18-8-5-9-19(35-2)23(18)31-22(29-30-25(31)20-10-6-12-36-20)15-37(32,33)21-11-4-3-7-17(21)24-27-13-16(26)14-28-24/h2*5-6,8-10,12-14,17,21H,3-4,7,11,15H2,1-2H3/t2*17-,21+/m11/s1. The van der Waals surface area contributed by atoms with Gasteiger partial charge in [0.2, 0.25) is 11.6 Å². The van der Waals surface area contributed by atoms with Crippen molar-refractivity contribution in [3.05, 3.63) is 133 Å². The maximum Gasteiger partial charge on any atom is 0.204 e. The first-order valence-electron chi connectivity index (χ1n) is 23.6. The molecule has 0 amide bonds. The Morgan fingerprint density at radius 2 is 0.865 bits per heavy atom. The smallest absolute Gasteiger partial charge is 0.204 e. The number of hydrogen-bond donors (Lipinski definition) is 0. The van der Waals surface area contributed by atoms with E-state index in [0.717, 1.165) is 50.5 Å². The molecule has 2 saturated carbocycles. The lowest BCUT2D eigenvalue weighted by molar-refractivity contribution is 0.390. The summed E-state index contributed by atoms with van der Waals surface area (Å²) < 4.78 is 119.